The number of carbonyl (C=O) groups is 1. The zero-order valence-electron chi connectivity index (χ0n) is 8.66. The first-order valence-electron chi connectivity index (χ1n) is 4.21. The van der Waals surface area contributed by atoms with Gasteiger partial charge in [-0.2, -0.15) is 0 Å². The first-order valence-corrected chi connectivity index (χ1v) is 4.21. The summed E-state index contributed by atoms with van der Waals surface area (Å²) in [5.41, 5.74) is 3.93. The zero-order valence-corrected chi connectivity index (χ0v) is 8.66. The summed E-state index contributed by atoms with van der Waals surface area (Å²) in [5.74, 6) is -1.49. The van der Waals surface area contributed by atoms with Crippen LogP contribution in [0.15, 0.2) is 6.20 Å². The van der Waals surface area contributed by atoms with Crippen LogP contribution >= 0.6 is 0 Å². The summed E-state index contributed by atoms with van der Waals surface area (Å²) in [7, 11) is 2.40. The molecule has 1 aromatic rings. The van der Waals surface area contributed by atoms with Gasteiger partial charge in [-0.15, -0.1) is 0 Å². The SMILES string of the molecule is COc1cnc(OC)c(C(N)=O)c1C(F)F. The van der Waals surface area contributed by atoms with Crippen molar-refractivity contribution < 1.29 is 23.0 Å². The lowest BCUT2D eigenvalue weighted by molar-refractivity contribution is 0.0978. The van der Waals surface area contributed by atoms with Crippen molar-refractivity contribution >= 4 is 5.91 Å². The van der Waals surface area contributed by atoms with Gasteiger partial charge in [0.15, 0.2) is 0 Å². The van der Waals surface area contributed by atoms with Crippen molar-refractivity contribution in [3.05, 3.63) is 17.3 Å². The molecule has 0 aromatic carbocycles. The lowest BCUT2D eigenvalue weighted by Gasteiger charge is -2.13. The van der Waals surface area contributed by atoms with E-state index in [1.165, 1.54) is 14.2 Å². The molecule has 0 atom stereocenters. The normalized spacial score (nSPS) is 10.3. The number of alkyl halides is 2. The molecule has 88 valence electrons. The van der Waals surface area contributed by atoms with Gasteiger partial charge in [0.05, 0.1) is 26.0 Å². The van der Waals surface area contributed by atoms with Crippen LogP contribution in [0.5, 0.6) is 11.6 Å². The number of amides is 1. The lowest BCUT2D eigenvalue weighted by Crippen LogP contribution is -2.17. The molecule has 1 heterocycles. The molecule has 0 aliphatic carbocycles. The van der Waals surface area contributed by atoms with Crippen LogP contribution in [0.4, 0.5) is 8.78 Å². The summed E-state index contributed by atoms with van der Waals surface area (Å²) in [4.78, 5) is 14.7. The molecule has 0 saturated carbocycles. The van der Waals surface area contributed by atoms with Crippen LogP contribution in [-0.4, -0.2) is 25.1 Å². The zero-order chi connectivity index (χ0) is 12.3. The Morgan fingerprint density at radius 1 is 1.44 bits per heavy atom. The van der Waals surface area contributed by atoms with Gasteiger partial charge in [-0.25, -0.2) is 13.8 Å². The van der Waals surface area contributed by atoms with Crippen LogP contribution in [0.25, 0.3) is 0 Å². The fourth-order valence-corrected chi connectivity index (χ4v) is 1.26. The second-order valence-corrected chi connectivity index (χ2v) is 2.79. The van der Waals surface area contributed by atoms with Gasteiger partial charge in [-0.3, -0.25) is 4.79 Å². The van der Waals surface area contributed by atoms with Crippen molar-refractivity contribution in [2.24, 2.45) is 5.73 Å². The molecule has 2 N–H and O–H groups in total. The molecule has 0 fully saturated rings. The van der Waals surface area contributed by atoms with Gasteiger partial charge in [0.2, 0.25) is 5.88 Å². The number of pyridine rings is 1. The summed E-state index contributed by atoms with van der Waals surface area (Å²) in [5, 5.41) is 0. The van der Waals surface area contributed by atoms with Crippen LogP contribution < -0.4 is 15.2 Å². The van der Waals surface area contributed by atoms with E-state index < -0.39 is 23.5 Å². The minimum Gasteiger partial charge on any atom is -0.495 e. The molecular formula is C9H10F2N2O3. The molecule has 0 saturated heterocycles. The highest BCUT2D eigenvalue weighted by Crippen LogP contribution is 2.35. The largest absolute Gasteiger partial charge is 0.495 e. The number of carbonyl (C=O) groups excluding carboxylic acids is 1. The highest BCUT2D eigenvalue weighted by molar-refractivity contribution is 5.97. The molecule has 1 aromatic heterocycles. The van der Waals surface area contributed by atoms with Gasteiger partial charge in [0.25, 0.3) is 12.3 Å². The molecule has 0 bridgehead atoms. The number of nitrogens with two attached hydrogens (primary N) is 1. The van der Waals surface area contributed by atoms with Crippen LogP contribution in [-0.2, 0) is 0 Å². The summed E-state index contributed by atoms with van der Waals surface area (Å²) in [6, 6.07) is 0. The lowest BCUT2D eigenvalue weighted by atomic mass is 10.1. The van der Waals surface area contributed by atoms with E-state index in [9.17, 15) is 13.6 Å². The van der Waals surface area contributed by atoms with Crippen molar-refractivity contribution in [3.8, 4) is 11.6 Å². The van der Waals surface area contributed by atoms with Gasteiger partial charge >= 0.3 is 0 Å². The van der Waals surface area contributed by atoms with Gasteiger partial charge in [-0.1, -0.05) is 0 Å². The second kappa shape index (κ2) is 4.73. The molecule has 5 nitrogen and oxygen atoms in total. The van der Waals surface area contributed by atoms with Crippen LogP contribution in [0.2, 0.25) is 0 Å². The van der Waals surface area contributed by atoms with Crippen molar-refractivity contribution in [3.63, 3.8) is 0 Å². The van der Waals surface area contributed by atoms with Crippen LogP contribution in [0, 0.1) is 0 Å². The maximum absolute atomic E-state index is 12.8. The first kappa shape index (κ1) is 12.2. The molecular weight excluding hydrogens is 222 g/mol. The summed E-state index contributed by atoms with van der Waals surface area (Å²) in [6.07, 6.45) is -1.86. The Kier molecular flexibility index (Phi) is 3.60. The van der Waals surface area contributed by atoms with E-state index in [2.05, 4.69) is 4.98 Å². The molecule has 7 heteroatoms. The third kappa shape index (κ3) is 2.02. The molecule has 1 rings (SSSR count). The van der Waals surface area contributed by atoms with E-state index in [4.69, 9.17) is 15.2 Å². The van der Waals surface area contributed by atoms with Crippen LogP contribution in [0.1, 0.15) is 22.3 Å². The Labute approximate surface area is 90.2 Å². The first-order chi connectivity index (χ1) is 7.52. The monoisotopic (exact) mass is 232 g/mol. The number of primary amides is 1. The smallest absolute Gasteiger partial charge is 0.268 e. The maximum Gasteiger partial charge on any atom is 0.268 e. The number of nitrogens with zero attached hydrogens (tertiary/aromatic N) is 1. The number of hydrogen-bond acceptors (Lipinski definition) is 4. The van der Waals surface area contributed by atoms with Gasteiger partial charge in [0.1, 0.15) is 11.3 Å². The van der Waals surface area contributed by atoms with Crippen molar-refractivity contribution in [2.45, 2.75) is 6.43 Å². The van der Waals surface area contributed by atoms with Crippen molar-refractivity contribution in [1.82, 2.24) is 4.98 Å². The van der Waals surface area contributed by atoms with Crippen molar-refractivity contribution in [1.29, 1.82) is 0 Å². The molecule has 16 heavy (non-hydrogen) atoms. The quantitative estimate of drug-likeness (QED) is 0.844. The highest BCUT2D eigenvalue weighted by Gasteiger charge is 2.26. The van der Waals surface area contributed by atoms with Gasteiger partial charge in [0, 0.05) is 0 Å². The fourth-order valence-electron chi connectivity index (χ4n) is 1.26. The maximum atomic E-state index is 12.8. The Hall–Kier alpha value is -1.92. The number of hydrogen-bond donors (Lipinski definition) is 1. The number of aromatic nitrogens is 1. The van der Waals surface area contributed by atoms with E-state index in [1.807, 2.05) is 0 Å². The highest BCUT2D eigenvalue weighted by atomic mass is 19.3. The fraction of sp³-hybridized carbons (Fsp3) is 0.333. The van der Waals surface area contributed by atoms with E-state index in [0.717, 1.165) is 6.20 Å². The Bertz CT molecular complexity index is 410. The van der Waals surface area contributed by atoms with Gasteiger partial charge in [-0.05, 0) is 0 Å². The predicted molar refractivity (Wildman–Crippen MR) is 50.8 cm³/mol. The number of methoxy groups -OCH3 is 2. The topological polar surface area (TPSA) is 74.4 Å². The molecule has 0 aliphatic rings. The summed E-state index contributed by atoms with van der Waals surface area (Å²) < 4.78 is 34.9. The predicted octanol–water partition coefficient (Wildman–Crippen LogP) is 1.14. The van der Waals surface area contributed by atoms with Crippen molar-refractivity contribution in [2.75, 3.05) is 14.2 Å². The average molecular weight is 232 g/mol. The van der Waals surface area contributed by atoms with Gasteiger partial charge < -0.3 is 15.2 Å². The Balaban J connectivity index is 3.53. The average Bonchev–Trinajstić information content (AvgIpc) is 2.26. The third-order valence-corrected chi connectivity index (χ3v) is 1.93. The van der Waals surface area contributed by atoms with E-state index in [-0.39, 0.29) is 11.6 Å². The minimum atomic E-state index is -2.91. The molecule has 0 unspecified atom stereocenters. The minimum absolute atomic E-state index is 0.204. The second-order valence-electron chi connectivity index (χ2n) is 2.79. The number of ether oxygens (including phenoxy) is 2. The van der Waals surface area contributed by atoms with E-state index >= 15 is 0 Å². The number of halogens is 2. The van der Waals surface area contributed by atoms with E-state index in [0.29, 0.717) is 0 Å². The summed E-state index contributed by atoms with van der Waals surface area (Å²) >= 11 is 0. The number of rotatable bonds is 4. The molecule has 1 amide bonds. The standard InChI is InChI=1S/C9H10F2N2O3/c1-15-4-3-13-9(16-2)6(8(12)14)5(4)7(10)11/h3,7H,1-2H3,(H2,12,14). The Morgan fingerprint density at radius 2 is 2.06 bits per heavy atom. The Morgan fingerprint density at radius 3 is 2.44 bits per heavy atom. The molecule has 0 radical (unpaired) electrons. The summed E-state index contributed by atoms with van der Waals surface area (Å²) in [6.45, 7) is 0. The van der Waals surface area contributed by atoms with Crippen LogP contribution in [0.3, 0.4) is 0 Å². The third-order valence-electron chi connectivity index (χ3n) is 1.93. The molecule has 0 aliphatic heterocycles. The van der Waals surface area contributed by atoms with E-state index in [1.54, 1.807) is 0 Å². The molecule has 0 spiro atoms.